The van der Waals surface area contributed by atoms with Gasteiger partial charge in [-0.1, -0.05) is 13.8 Å². The van der Waals surface area contributed by atoms with E-state index in [1.807, 2.05) is 19.9 Å². The second-order valence-corrected chi connectivity index (χ2v) is 4.77. The van der Waals surface area contributed by atoms with Gasteiger partial charge in [0.05, 0.1) is 22.7 Å². The Kier molecular flexibility index (Phi) is 3.53. The first-order valence-corrected chi connectivity index (χ1v) is 6.10. The number of aromatic nitrogens is 2. The topological polar surface area (TPSA) is 96.0 Å². The molecule has 0 saturated heterocycles. The summed E-state index contributed by atoms with van der Waals surface area (Å²) in [6, 6.07) is 6.72. The summed E-state index contributed by atoms with van der Waals surface area (Å²) < 4.78 is 0.950. The average molecular weight is 271 g/mol. The molecule has 0 saturated carbocycles. The van der Waals surface area contributed by atoms with Gasteiger partial charge in [-0.2, -0.15) is 10.4 Å². The van der Waals surface area contributed by atoms with E-state index in [4.69, 9.17) is 10.4 Å². The molecule has 2 aromatic rings. The van der Waals surface area contributed by atoms with Crippen molar-refractivity contribution >= 4 is 16.7 Å². The number of benzene rings is 1. The van der Waals surface area contributed by atoms with Crippen molar-refractivity contribution in [3.8, 4) is 6.07 Å². The van der Waals surface area contributed by atoms with E-state index in [0.717, 1.165) is 4.68 Å². The van der Waals surface area contributed by atoms with Gasteiger partial charge in [0.2, 0.25) is 0 Å². The third-order valence-electron chi connectivity index (χ3n) is 2.95. The Balaban J connectivity index is 2.84. The lowest BCUT2D eigenvalue weighted by atomic mass is 10.0. The molecular formula is C14H13N3O3. The largest absolute Gasteiger partial charge is 0.480 e. The second kappa shape index (κ2) is 5.13. The number of rotatable bonds is 3. The Hall–Kier alpha value is -2.68. The highest BCUT2D eigenvalue weighted by molar-refractivity contribution is 5.85. The molecule has 6 heteroatoms. The van der Waals surface area contributed by atoms with E-state index in [1.54, 1.807) is 18.2 Å². The number of carboxylic acid groups (broad SMARTS) is 1. The summed E-state index contributed by atoms with van der Waals surface area (Å²) in [7, 11) is 0. The molecule has 1 N–H and O–H groups in total. The lowest BCUT2D eigenvalue weighted by Gasteiger charge is -2.12. The first-order valence-electron chi connectivity index (χ1n) is 6.10. The summed E-state index contributed by atoms with van der Waals surface area (Å²) in [5.74, 6) is -1.12. The lowest BCUT2D eigenvalue weighted by Crippen LogP contribution is -2.28. The first-order chi connectivity index (χ1) is 9.43. The maximum Gasteiger partial charge on any atom is 0.325 e. The molecule has 0 spiro atoms. The lowest BCUT2D eigenvalue weighted by molar-refractivity contribution is -0.138. The predicted molar refractivity (Wildman–Crippen MR) is 72.4 cm³/mol. The van der Waals surface area contributed by atoms with Crippen molar-refractivity contribution in [1.29, 1.82) is 5.26 Å². The van der Waals surface area contributed by atoms with Gasteiger partial charge in [0.15, 0.2) is 0 Å². The molecule has 20 heavy (non-hydrogen) atoms. The zero-order valence-electron chi connectivity index (χ0n) is 11.1. The van der Waals surface area contributed by atoms with Gasteiger partial charge in [0, 0.05) is 5.39 Å². The van der Waals surface area contributed by atoms with Crippen LogP contribution in [0.1, 0.15) is 31.0 Å². The van der Waals surface area contributed by atoms with E-state index < -0.39 is 18.1 Å². The third-order valence-corrected chi connectivity index (χ3v) is 2.95. The van der Waals surface area contributed by atoms with Gasteiger partial charge in [0.25, 0.3) is 5.56 Å². The molecule has 102 valence electrons. The van der Waals surface area contributed by atoms with Crippen molar-refractivity contribution in [2.75, 3.05) is 0 Å². The molecule has 0 aliphatic heterocycles. The molecule has 0 fully saturated rings. The van der Waals surface area contributed by atoms with Gasteiger partial charge in [-0.05, 0) is 24.1 Å². The van der Waals surface area contributed by atoms with Crippen LogP contribution in [0, 0.1) is 11.3 Å². The molecule has 0 aliphatic rings. The van der Waals surface area contributed by atoms with Gasteiger partial charge in [-0.15, -0.1) is 0 Å². The smallest absolute Gasteiger partial charge is 0.325 e. The predicted octanol–water partition coefficient (Wildman–Crippen LogP) is 1.48. The zero-order chi connectivity index (χ0) is 14.9. The third kappa shape index (κ3) is 2.38. The van der Waals surface area contributed by atoms with Crippen LogP contribution in [-0.4, -0.2) is 20.9 Å². The Morgan fingerprint density at radius 2 is 2.15 bits per heavy atom. The fourth-order valence-corrected chi connectivity index (χ4v) is 2.04. The zero-order valence-corrected chi connectivity index (χ0v) is 11.1. The highest BCUT2D eigenvalue weighted by atomic mass is 16.4. The minimum atomic E-state index is -1.12. The molecule has 6 nitrogen and oxygen atoms in total. The van der Waals surface area contributed by atoms with E-state index in [1.165, 1.54) is 0 Å². The van der Waals surface area contributed by atoms with Gasteiger partial charge in [0.1, 0.15) is 6.54 Å². The fraction of sp³-hybridized carbons (Fsp3) is 0.286. The van der Waals surface area contributed by atoms with Crippen molar-refractivity contribution in [2.24, 2.45) is 0 Å². The van der Waals surface area contributed by atoms with Gasteiger partial charge >= 0.3 is 5.97 Å². The minimum Gasteiger partial charge on any atom is -0.480 e. The van der Waals surface area contributed by atoms with Gasteiger partial charge < -0.3 is 5.11 Å². The second-order valence-electron chi connectivity index (χ2n) is 4.77. The maximum absolute atomic E-state index is 12.2. The molecule has 1 heterocycles. The van der Waals surface area contributed by atoms with E-state index >= 15 is 0 Å². The highest BCUT2D eigenvalue weighted by Gasteiger charge is 2.15. The summed E-state index contributed by atoms with van der Waals surface area (Å²) in [4.78, 5) is 23.0. The first kappa shape index (κ1) is 13.7. The van der Waals surface area contributed by atoms with Gasteiger partial charge in [-0.25, -0.2) is 4.68 Å². The highest BCUT2D eigenvalue weighted by Crippen LogP contribution is 2.22. The number of hydrogen-bond acceptors (Lipinski definition) is 4. The molecule has 1 aromatic heterocycles. The molecule has 1 aromatic carbocycles. The normalized spacial score (nSPS) is 10.7. The quantitative estimate of drug-likeness (QED) is 0.912. The van der Waals surface area contributed by atoms with E-state index in [0.29, 0.717) is 22.0 Å². The van der Waals surface area contributed by atoms with Crippen molar-refractivity contribution in [2.45, 2.75) is 26.3 Å². The Bertz CT molecular complexity index is 785. The van der Waals surface area contributed by atoms with Crippen molar-refractivity contribution in [3.05, 3.63) is 39.8 Å². The fourth-order valence-electron chi connectivity index (χ4n) is 2.04. The van der Waals surface area contributed by atoms with Crippen LogP contribution in [0.15, 0.2) is 23.0 Å². The van der Waals surface area contributed by atoms with Crippen LogP contribution < -0.4 is 5.56 Å². The molecule has 0 radical (unpaired) electrons. The molecular weight excluding hydrogens is 258 g/mol. The van der Waals surface area contributed by atoms with Crippen LogP contribution in [0.4, 0.5) is 0 Å². The van der Waals surface area contributed by atoms with Crippen LogP contribution in [0.5, 0.6) is 0 Å². The Morgan fingerprint density at radius 1 is 1.45 bits per heavy atom. The summed E-state index contributed by atoms with van der Waals surface area (Å²) >= 11 is 0. The SMILES string of the molecule is CC(C)c1nn(CC(=O)O)c(=O)c2ccc(C#N)cc12. The summed E-state index contributed by atoms with van der Waals surface area (Å²) in [6.07, 6.45) is 0. The van der Waals surface area contributed by atoms with E-state index in [9.17, 15) is 9.59 Å². The number of aliphatic carboxylic acids is 1. The van der Waals surface area contributed by atoms with Gasteiger partial charge in [-0.3, -0.25) is 9.59 Å². The molecule has 0 amide bonds. The molecule has 0 atom stereocenters. The molecule has 0 bridgehead atoms. The average Bonchev–Trinajstić information content (AvgIpc) is 2.40. The van der Waals surface area contributed by atoms with E-state index in [-0.39, 0.29) is 5.92 Å². The maximum atomic E-state index is 12.2. The Morgan fingerprint density at radius 3 is 2.70 bits per heavy atom. The number of carbonyl (C=O) groups is 1. The monoisotopic (exact) mass is 271 g/mol. The number of carboxylic acids is 1. The summed E-state index contributed by atoms with van der Waals surface area (Å²) in [5.41, 5.74) is 0.589. The summed E-state index contributed by atoms with van der Waals surface area (Å²) in [6.45, 7) is 3.32. The van der Waals surface area contributed by atoms with Crippen LogP contribution in [0.2, 0.25) is 0 Å². The van der Waals surface area contributed by atoms with Crippen LogP contribution in [-0.2, 0) is 11.3 Å². The van der Waals surface area contributed by atoms with Crippen LogP contribution >= 0.6 is 0 Å². The molecule has 0 aliphatic carbocycles. The van der Waals surface area contributed by atoms with Crippen LogP contribution in [0.3, 0.4) is 0 Å². The molecule has 0 unspecified atom stereocenters. The van der Waals surface area contributed by atoms with E-state index in [2.05, 4.69) is 5.10 Å². The van der Waals surface area contributed by atoms with Crippen LogP contribution in [0.25, 0.3) is 10.8 Å². The summed E-state index contributed by atoms with van der Waals surface area (Å²) in [5, 5.41) is 22.9. The number of nitriles is 1. The van der Waals surface area contributed by atoms with Crippen molar-refractivity contribution in [1.82, 2.24) is 9.78 Å². The number of hydrogen-bond donors (Lipinski definition) is 1. The minimum absolute atomic E-state index is 0.00656. The standard InChI is InChI=1S/C14H13N3O3/c1-8(2)13-11-5-9(6-15)3-4-10(11)14(20)17(16-13)7-12(18)19/h3-5,8H,7H2,1-2H3,(H,18,19). The number of fused-ring (bicyclic) bond motifs is 1. The van der Waals surface area contributed by atoms with Crippen molar-refractivity contribution < 1.29 is 9.90 Å². The Labute approximate surface area is 114 Å². The molecule has 2 rings (SSSR count). The van der Waals surface area contributed by atoms with Crippen molar-refractivity contribution in [3.63, 3.8) is 0 Å². The number of nitrogens with zero attached hydrogens (tertiary/aromatic N) is 3.